The number of carbonyl (C=O) groups is 1. The van der Waals surface area contributed by atoms with Crippen LogP contribution in [0.15, 0.2) is 42.6 Å². The second-order valence-electron chi connectivity index (χ2n) is 6.03. The number of hydrogen-bond acceptors (Lipinski definition) is 3. The van der Waals surface area contributed by atoms with E-state index in [2.05, 4.69) is 4.98 Å². The fourth-order valence-corrected chi connectivity index (χ4v) is 4.37. The molecule has 1 aliphatic rings. The van der Waals surface area contributed by atoms with Gasteiger partial charge in [-0.25, -0.2) is 12.8 Å². The molecule has 2 aromatic rings. The van der Waals surface area contributed by atoms with Crippen molar-refractivity contribution in [2.24, 2.45) is 0 Å². The lowest BCUT2D eigenvalue weighted by Gasteiger charge is -2.34. The van der Waals surface area contributed by atoms with Crippen molar-refractivity contribution < 1.29 is 17.6 Å². The second-order valence-corrected chi connectivity index (χ2v) is 8.00. The summed E-state index contributed by atoms with van der Waals surface area (Å²) in [6, 6.07) is 9.14. The molecule has 1 saturated heterocycles. The van der Waals surface area contributed by atoms with Gasteiger partial charge in [-0.3, -0.25) is 4.79 Å². The van der Waals surface area contributed by atoms with Gasteiger partial charge in [-0.15, -0.1) is 0 Å². The van der Waals surface area contributed by atoms with Crippen molar-refractivity contribution in [1.82, 2.24) is 14.2 Å². The largest absolute Gasteiger partial charge is 0.365 e. The molecule has 1 aromatic carbocycles. The topological polar surface area (TPSA) is 73.5 Å². The van der Waals surface area contributed by atoms with E-state index in [1.165, 1.54) is 28.6 Å². The maximum absolute atomic E-state index is 12.9. The van der Waals surface area contributed by atoms with Gasteiger partial charge in [0.1, 0.15) is 5.82 Å². The van der Waals surface area contributed by atoms with E-state index in [1.54, 1.807) is 11.1 Å². The Labute approximate surface area is 146 Å². The van der Waals surface area contributed by atoms with Gasteiger partial charge in [0.15, 0.2) is 0 Å². The van der Waals surface area contributed by atoms with Crippen molar-refractivity contribution in [1.29, 1.82) is 0 Å². The van der Waals surface area contributed by atoms with Crippen LogP contribution < -0.4 is 0 Å². The van der Waals surface area contributed by atoms with E-state index in [0.29, 0.717) is 18.7 Å². The second kappa shape index (κ2) is 7.37. The van der Waals surface area contributed by atoms with Gasteiger partial charge in [-0.2, -0.15) is 4.31 Å². The Bertz CT molecular complexity index is 811. The van der Waals surface area contributed by atoms with Gasteiger partial charge in [0.05, 0.1) is 12.2 Å². The average Bonchev–Trinajstić information content (AvgIpc) is 3.10. The molecule has 1 aromatic heterocycles. The van der Waals surface area contributed by atoms with Crippen molar-refractivity contribution in [2.75, 3.05) is 26.2 Å². The minimum absolute atomic E-state index is 0.0157. The summed E-state index contributed by atoms with van der Waals surface area (Å²) >= 11 is 0. The summed E-state index contributed by atoms with van der Waals surface area (Å²) < 4.78 is 39.3. The van der Waals surface area contributed by atoms with Crippen LogP contribution in [0.2, 0.25) is 0 Å². The summed E-state index contributed by atoms with van der Waals surface area (Å²) in [7, 11) is -3.48. The molecule has 1 N–H and O–H groups in total. The van der Waals surface area contributed by atoms with Gasteiger partial charge >= 0.3 is 0 Å². The van der Waals surface area contributed by atoms with Crippen LogP contribution >= 0.6 is 0 Å². The predicted octanol–water partition coefficient (Wildman–Crippen LogP) is 1.37. The SMILES string of the molecule is O=C(Cc1ccc[nH]1)N1CCN(S(=O)(=O)Cc2ccc(F)cc2)CC1. The zero-order chi connectivity index (χ0) is 17.9. The quantitative estimate of drug-likeness (QED) is 0.870. The maximum atomic E-state index is 12.9. The fourth-order valence-electron chi connectivity index (χ4n) is 2.85. The van der Waals surface area contributed by atoms with Gasteiger partial charge in [0.2, 0.25) is 15.9 Å². The van der Waals surface area contributed by atoms with Crippen LogP contribution in [0.3, 0.4) is 0 Å². The Morgan fingerprint density at radius 1 is 1.08 bits per heavy atom. The van der Waals surface area contributed by atoms with E-state index >= 15 is 0 Å². The summed E-state index contributed by atoms with van der Waals surface area (Å²) in [5.41, 5.74) is 1.39. The number of amides is 1. The Balaban J connectivity index is 1.55. The van der Waals surface area contributed by atoms with Crippen molar-refractivity contribution in [3.8, 4) is 0 Å². The smallest absolute Gasteiger partial charge is 0.228 e. The normalized spacial score (nSPS) is 16.1. The third-order valence-electron chi connectivity index (χ3n) is 4.25. The Morgan fingerprint density at radius 3 is 2.36 bits per heavy atom. The van der Waals surface area contributed by atoms with E-state index < -0.39 is 15.8 Å². The zero-order valence-corrected chi connectivity index (χ0v) is 14.5. The van der Waals surface area contributed by atoms with Crippen LogP contribution in [0.25, 0.3) is 0 Å². The number of sulfonamides is 1. The molecule has 0 bridgehead atoms. The molecule has 0 spiro atoms. The summed E-state index contributed by atoms with van der Waals surface area (Å²) in [5, 5.41) is 0. The van der Waals surface area contributed by atoms with Crippen molar-refractivity contribution in [3.05, 3.63) is 59.7 Å². The minimum atomic E-state index is -3.48. The zero-order valence-electron chi connectivity index (χ0n) is 13.7. The summed E-state index contributed by atoms with van der Waals surface area (Å²) in [5.74, 6) is -0.572. The molecule has 1 fully saturated rings. The lowest BCUT2D eigenvalue weighted by atomic mass is 10.2. The van der Waals surface area contributed by atoms with E-state index in [0.717, 1.165) is 5.69 Å². The third kappa shape index (κ3) is 4.46. The summed E-state index contributed by atoms with van der Waals surface area (Å²) in [4.78, 5) is 16.9. The number of carbonyl (C=O) groups excluding carboxylic acids is 1. The van der Waals surface area contributed by atoms with E-state index in [-0.39, 0.29) is 31.2 Å². The highest BCUT2D eigenvalue weighted by atomic mass is 32.2. The number of rotatable bonds is 5. The van der Waals surface area contributed by atoms with Gasteiger partial charge in [0.25, 0.3) is 0 Å². The molecule has 0 atom stereocenters. The van der Waals surface area contributed by atoms with Gasteiger partial charge in [-0.05, 0) is 29.8 Å². The van der Waals surface area contributed by atoms with Crippen molar-refractivity contribution >= 4 is 15.9 Å². The van der Waals surface area contributed by atoms with Crippen LogP contribution in [0.4, 0.5) is 4.39 Å². The van der Waals surface area contributed by atoms with Crippen molar-refractivity contribution in [3.63, 3.8) is 0 Å². The number of halogens is 1. The van der Waals surface area contributed by atoms with Gasteiger partial charge in [0, 0.05) is 38.1 Å². The van der Waals surface area contributed by atoms with Crippen LogP contribution in [0.5, 0.6) is 0 Å². The highest BCUT2D eigenvalue weighted by Gasteiger charge is 2.29. The Kier molecular flexibility index (Phi) is 5.19. The minimum Gasteiger partial charge on any atom is -0.365 e. The number of hydrogen-bond donors (Lipinski definition) is 1. The van der Waals surface area contributed by atoms with Crippen LogP contribution in [-0.2, 0) is 27.0 Å². The monoisotopic (exact) mass is 365 g/mol. The van der Waals surface area contributed by atoms with E-state index in [9.17, 15) is 17.6 Å². The molecule has 0 radical (unpaired) electrons. The first-order chi connectivity index (χ1) is 11.9. The molecule has 6 nitrogen and oxygen atoms in total. The molecule has 1 aliphatic heterocycles. The number of H-pyrrole nitrogens is 1. The summed E-state index contributed by atoms with van der Waals surface area (Å²) in [6.07, 6.45) is 2.05. The van der Waals surface area contributed by atoms with Crippen LogP contribution in [0.1, 0.15) is 11.3 Å². The lowest BCUT2D eigenvalue weighted by molar-refractivity contribution is -0.131. The Hall–Kier alpha value is -2.19. The van der Waals surface area contributed by atoms with Gasteiger partial charge < -0.3 is 9.88 Å². The van der Waals surface area contributed by atoms with E-state index in [1.807, 2.05) is 12.1 Å². The first-order valence-corrected chi connectivity index (χ1v) is 9.67. The standard InChI is InChI=1S/C17H20FN3O3S/c18-15-5-3-14(4-6-15)13-25(23,24)21-10-8-20(9-11-21)17(22)12-16-2-1-7-19-16/h1-7,19H,8-13H2. The number of nitrogens with one attached hydrogen (secondary N) is 1. The first kappa shape index (κ1) is 17.6. The molecule has 25 heavy (non-hydrogen) atoms. The molecule has 2 heterocycles. The van der Waals surface area contributed by atoms with Crippen LogP contribution in [0, 0.1) is 5.82 Å². The molecule has 0 unspecified atom stereocenters. The molecule has 8 heteroatoms. The first-order valence-electron chi connectivity index (χ1n) is 8.06. The number of benzene rings is 1. The molecule has 0 aliphatic carbocycles. The highest BCUT2D eigenvalue weighted by Crippen LogP contribution is 2.15. The van der Waals surface area contributed by atoms with Crippen LogP contribution in [-0.4, -0.2) is 54.7 Å². The molecular weight excluding hydrogens is 345 g/mol. The maximum Gasteiger partial charge on any atom is 0.228 e. The Morgan fingerprint density at radius 2 is 1.76 bits per heavy atom. The highest BCUT2D eigenvalue weighted by molar-refractivity contribution is 7.88. The lowest BCUT2D eigenvalue weighted by Crippen LogP contribution is -2.51. The van der Waals surface area contributed by atoms with Crippen molar-refractivity contribution in [2.45, 2.75) is 12.2 Å². The molecule has 0 saturated carbocycles. The third-order valence-corrected chi connectivity index (χ3v) is 6.10. The van der Waals surface area contributed by atoms with E-state index in [4.69, 9.17) is 0 Å². The molecule has 1 amide bonds. The average molecular weight is 365 g/mol. The molecule has 134 valence electrons. The molecule has 3 rings (SSSR count). The fraction of sp³-hybridized carbons (Fsp3) is 0.353. The number of nitrogens with zero attached hydrogens (tertiary/aromatic N) is 2. The number of piperazine rings is 1. The number of aromatic amines is 1. The number of aromatic nitrogens is 1. The molecular formula is C17H20FN3O3S. The van der Waals surface area contributed by atoms with Gasteiger partial charge in [-0.1, -0.05) is 12.1 Å². The summed E-state index contributed by atoms with van der Waals surface area (Å²) in [6.45, 7) is 1.31. The predicted molar refractivity (Wildman–Crippen MR) is 91.7 cm³/mol.